The Kier molecular flexibility index (Phi) is 5.04. The summed E-state index contributed by atoms with van der Waals surface area (Å²) in [4.78, 5) is 21.8. The van der Waals surface area contributed by atoms with Crippen LogP contribution in [0.2, 0.25) is 0 Å². The maximum atomic E-state index is 12.9. The number of carbonyl (C=O) groups is 1. The second-order valence-corrected chi connectivity index (χ2v) is 8.43. The summed E-state index contributed by atoms with van der Waals surface area (Å²) in [6.45, 7) is 10.8. The zero-order valence-electron chi connectivity index (χ0n) is 16.6. The van der Waals surface area contributed by atoms with Crippen LogP contribution in [0, 0.1) is 18.8 Å². The first-order valence-corrected chi connectivity index (χ1v) is 10.0. The summed E-state index contributed by atoms with van der Waals surface area (Å²) in [6, 6.07) is 8.50. The molecule has 1 fully saturated rings. The maximum Gasteiger partial charge on any atom is 0.309 e. The summed E-state index contributed by atoms with van der Waals surface area (Å²) in [5.74, 6) is 2.18. The van der Waals surface area contributed by atoms with Gasteiger partial charge in [-0.3, -0.25) is 9.69 Å². The lowest BCUT2D eigenvalue weighted by atomic mass is 9.92. The molecule has 5 heteroatoms. The van der Waals surface area contributed by atoms with Crippen molar-refractivity contribution in [3.8, 4) is 0 Å². The second-order valence-electron chi connectivity index (χ2n) is 8.43. The molecule has 3 heterocycles. The fourth-order valence-electron chi connectivity index (χ4n) is 4.47. The summed E-state index contributed by atoms with van der Waals surface area (Å²) in [6.07, 6.45) is 1.99. The van der Waals surface area contributed by atoms with Gasteiger partial charge in [-0.1, -0.05) is 38.1 Å². The fourth-order valence-corrected chi connectivity index (χ4v) is 4.47. The van der Waals surface area contributed by atoms with Crippen LogP contribution >= 0.6 is 0 Å². The number of rotatable bonds is 3. The Hall–Kier alpha value is -2.14. The molecular formula is C22H29N3O2. The molecule has 2 atom stereocenters. The summed E-state index contributed by atoms with van der Waals surface area (Å²) >= 11 is 0. The number of hydrogen-bond donors (Lipinski definition) is 0. The Morgan fingerprint density at radius 1 is 1.22 bits per heavy atom. The van der Waals surface area contributed by atoms with Crippen LogP contribution in [-0.4, -0.2) is 40.3 Å². The van der Waals surface area contributed by atoms with E-state index in [9.17, 15) is 4.79 Å². The van der Waals surface area contributed by atoms with Gasteiger partial charge in [0.2, 0.25) is 0 Å². The molecule has 1 amide bonds. The number of oxazole rings is 1. The number of nitrogens with zero attached hydrogens (tertiary/aromatic N) is 3. The molecule has 0 N–H and O–H groups in total. The Morgan fingerprint density at radius 2 is 1.96 bits per heavy atom. The molecule has 1 saturated heterocycles. The number of aromatic nitrogens is 1. The highest BCUT2D eigenvalue weighted by atomic mass is 16.4. The molecule has 2 aliphatic rings. The van der Waals surface area contributed by atoms with E-state index in [1.807, 2.05) is 4.90 Å². The van der Waals surface area contributed by atoms with Crippen molar-refractivity contribution in [2.75, 3.05) is 19.6 Å². The van der Waals surface area contributed by atoms with Crippen LogP contribution < -0.4 is 0 Å². The lowest BCUT2D eigenvalue weighted by molar-refractivity contribution is 0.0581. The van der Waals surface area contributed by atoms with Crippen LogP contribution in [0.5, 0.6) is 0 Å². The highest BCUT2D eigenvalue weighted by molar-refractivity contribution is 5.89. The normalized spacial score (nSPS) is 23.3. The van der Waals surface area contributed by atoms with Crippen LogP contribution in [0.3, 0.4) is 0 Å². The van der Waals surface area contributed by atoms with Crippen molar-refractivity contribution in [3.05, 3.63) is 52.7 Å². The van der Waals surface area contributed by atoms with Gasteiger partial charge in [0.15, 0.2) is 0 Å². The van der Waals surface area contributed by atoms with Crippen molar-refractivity contribution in [3.63, 3.8) is 0 Å². The van der Waals surface area contributed by atoms with E-state index in [2.05, 4.69) is 54.9 Å². The van der Waals surface area contributed by atoms with E-state index in [1.54, 1.807) is 0 Å². The van der Waals surface area contributed by atoms with Gasteiger partial charge in [-0.2, -0.15) is 0 Å². The molecule has 5 nitrogen and oxygen atoms in total. The number of amides is 1. The number of hydrogen-bond acceptors (Lipinski definition) is 4. The summed E-state index contributed by atoms with van der Waals surface area (Å²) in [5.41, 5.74) is 3.58. The van der Waals surface area contributed by atoms with Gasteiger partial charge in [0.1, 0.15) is 5.76 Å². The Labute approximate surface area is 161 Å². The first-order valence-electron chi connectivity index (χ1n) is 10.0. The van der Waals surface area contributed by atoms with Crippen LogP contribution in [0.15, 0.2) is 28.7 Å². The molecule has 1 aromatic heterocycles. The molecule has 27 heavy (non-hydrogen) atoms. The van der Waals surface area contributed by atoms with Gasteiger partial charge >= 0.3 is 5.91 Å². The van der Waals surface area contributed by atoms with Crippen LogP contribution in [0.25, 0.3) is 0 Å². The number of likely N-dealkylation sites (tertiary alicyclic amines) is 1. The van der Waals surface area contributed by atoms with Gasteiger partial charge in [-0.05, 0) is 36.3 Å². The molecular weight excluding hydrogens is 338 g/mol. The number of fused-ring (bicyclic) bond motifs is 1. The third-order valence-corrected chi connectivity index (χ3v) is 5.80. The number of benzene rings is 1. The van der Waals surface area contributed by atoms with E-state index in [1.165, 1.54) is 17.5 Å². The molecule has 0 saturated carbocycles. The van der Waals surface area contributed by atoms with Crippen molar-refractivity contribution in [2.24, 2.45) is 11.8 Å². The molecule has 0 radical (unpaired) electrons. The smallest absolute Gasteiger partial charge is 0.309 e. The second kappa shape index (κ2) is 7.47. The van der Waals surface area contributed by atoms with Gasteiger partial charge in [0.05, 0.1) is 5.69 Å². The predicted molar refractivity (Wildman–Crippen MR) is 104 cm³/mol. The molecule has 144 valence electrons. The molecule has 0 spiro atoms. The van der Waals surface area contributed by atoms with E-state index in [-0.39, 0.29) is 11.8 Å². The van der Waals surface area contributed by atoms with Crippen molar-refractivity contribution in [1.29, 1.82) is 0 Å². The van der Waals surface area contributed by atoms with Crippen LogP contribution in [0.1, 0.15) is 53.5 Å². The Morgan fingerprint density at radius 3 is 2.70 bits per heavy atom. The fraction of sp³-hybridized carbons (Fsp3) is 0.545. The highest BCUT2D eigenvalue weighted by Crippen LogP contribution is 2.25. The lowest BCUT2D eigenvalue weighted by Gasteiger charge is -2.34. The average molecular weight is 367 g/mol. The predicted octanol–water partition coefficient (Wildman–Crippen LogP) is 3.66. The zero-order chi connectivity index (χ0) is 19.0. The first-order chi connectivity index (χ1) is 13.0. The van der Waals surface area contributed by atoms with E-state index in [0.717, 1.165) is 50.6 Å². The topological polar surface area (TPSA) is 49.6 Å². The van der Waals surface area contributed by atoms with Gasteiger partial charge in [-0.15, -0.1) is 0 Å². The molecule has 0 bridgehead atoms. The minimum atomic E-state index is -0.0479. The van der Waals surface area contributed by atoms with Crippen LogP contribution in [0.4, 0.5) is 0 Å². The summed E-state index contributed by atoms with van der Waals surface area (Å²) in [5, 5.41) is 0. The largest absolute Gasteiger partial charge is 0.437 e. The Bertz CT molecular complexity index is 819. The molecule has 0 aliphatic carbocycles. The standard InChI is InChI=1S/C22H29N3O2/c1-15-10-16(2)12-25(11-15)22(26)21-23-19-14-24(9-8-20(19)27-21)13-18-7-5-4-6-17(18)3/h4-7,15-16H,8-14H2,1-3H3/t15-,16-/m0/s1. The zero-order valence-corrected chi connectivity index (χ0v) is 16.6. The molecule has 4 rings (SSSR count). The van der Waals surface area contributed by atoms with E-state index in [0.29, 0.717) is 11.8 Å². The Balaban J connectivity index is 1.45. The molecule has 2 aromatic rings. The van der Waals surface area contributed by atoms with Gasteiger partial charge < -0.3 is 9.32 Å². The number of aryl methyl sites for hydroxylation is 1. The highest BCUT2D eigenvalue weighted by Gasteiger charge is 2.31. The third kappa shape index (κ3) is 3.93. The van der Waals surface area contributed by atoms with Gasteiger partial charge in [0, 0.05) is 39.1 Å². The molecule has 0 unspecified atom stereocenters. The van der Waals surface area contributed by atoms with Crippen LogP contribution in [-0.2, 0) is 19.5 Å². The number of piperidine rings is 1. The van der Waals surface area contributed by atoms with Crippen molar-refractivity contribution >= 4 is 5.91 Å². The van der Waals surface area contributed by atoms with Gasteiger partial charge in [-0.25, -0.2) is 4.98 Å². The minimum Gasteiger partial charge on any atom is -0.437 e. The molecule has 1 aromatic carbocycles. The monoisotopic (exact) mass is 367 g/mol. The van der Waals surface area contributed by atoms with E-state index >= 15 is 0 Å². The SMILES string of the molecule is Cc1ccccc1CN1CCc2oc(C(=O)N3C[C@@H](C)C[C@H](C)C3)nc2C1. The van der Waals surface area contributed by atoms with Gasteiger partial charge in [0.25, 0.3) is 5.89 Å². The summed E-state index contributed by atoms with van der Waals surface area (Å²) < 4.78 is 5.88. The third-order valence-electron chi connectivity index (χ3n) is 5.80. The lowest BCUT2D eigenvalue weighted by Crippen LogP contribution is -2.42. The minimum absolute atomic E-state index is 0.0479. The first kappa shape index (κ1) is 18.2. The summed E-state index contributed by atoms with van der Waals surface area (Å²) in [7, 11) is 0. The van der Waals surface area contributed by atoms with E-state index < -0.39 is 0 Å². The maximum absolute atomic E-state index is 12.9. The van der Waals surface area contributed by atoms with Crippen molar-refractivity contribution in [2.45, 2.75) is 46.7 Å². The average Bonchev–Trinajstić information content (AvgIpc) is 3.05. The quantitative estimate of drug-likeness (QED) is 0.831. The van der Waals surface area contributed by atoms with Crippen molar-refractivity contribution < 1.29 is 9.21 Å². The van der Waals surface area contributed by atoms with Crippen molar-refractivity contribution in [1.82, 2.24) is 14.8 Å². The van der Waals surface area contributed by atoms with E-state index in [4.69, 9.17) is 4.42 Å². The molecule has 2 aliphatic heterocycles. The number of carbonyl (C=O) groups excluding carboxylic acids is 1.